The van der Waals surface area contributed by atoms with Crippen molar-refractivity contribution in [3.8, 4) is 6.07 Å². The summed E-state index contributed by atoms with van der Waals surface area (Å²) in [6, 6.07) is 7.05. The molecule has 4 aromatic rings. The third-order valence-corrected chi connectivity index (χ3v) is 6.47. The first-order valence-electron chi connectivity index (χ1n) is 12.5. The highest BCUT2D eigenvalue weighted by molar-refractivity contribution is 5.94. The Morgan fingerprint density at radius 1 is 1.07 bits per heavy atom. The van der Waals surface area contributed by atoms with Crippen LogP contribution in [0.5, 0.6) is 0 Å². The fourth-order valence-electron chi connectivity index (χ4n) is 4.33. The molecular formula is C26H19F6N9O2. The Bertz CT molecular complexity index is 1700. The van der Waals surface area contributed by atoms with Crippen LogP contribution in [-0.4, -0.2) is 37.6 Å². The van der Waals surface area contributed by atoms with Crippen LogP contribution < -0.4 is 15.5 Å². The van der Waals surface area contributed by atoms with Crippen molar-refractivity contribution >= 4 is 23.2 Å². The first-order valence-corrected chi connectivity index (χ1v) is 12.5. The Hall–Kier alpha value is -5.27. The van der Waals surface area contributed by atoms with Crippen molar-refractivity contribution in [1.82, 2.24) is 30.5 Å². The number of carbonyl (C=O) groups is 1. The number of pyridine rings is 1. The molecule has 5 rings (SSSR count). The zero-order chi connectivity index (χ0) is 30.9. The third-order valence-electron chi connectivity index (χ3n) is 6.47. The monoisotopic (exact) mass is 603 g/mol. The third kappa shape index (κ3) is 6.32. The molecule has 2 N–H and O–H groups in total. The van der Waals surface area contributed by atoms with Crippen LogP contribution in [0.2, 0.25) is 0 Å². The van der Waals surface area contributed by atoms with E-state index in [-0.39, 0.29) is 12.1 Å². The molecule has 11 nitrogen and oxygen atoms in total. The molecule has 0 spiro atoms. The van der Waals surface area contributed by atoms with E-state index in [4.69, 9.17) is 5.26 Å². The Balaban J connectivity index is 1.25. The molecule has 1 aliphatic rings. The number of amides is 1. The molecule has 0 fully saturated rings. The lowest BCUT2D eigenvalue weighted by Crippen LogP contribution is -2.32. The number of rotatable bonds is 6. The number of nitrogens with zero attached hydrogens (tertiary/aromatic N) is 7. The lowest BCUT2D eigenvalue weighted by Gasteiger charge is -2.31. The molecule has 222 valence electrons. The minimum absolute atomic E-state index is 0.106. The van der Waals surface area contributed by atoms with Crippen LogP contribution in [-0.2, 0) is 25.3 Å². The summed E-state index contributed by atoms with van der Waals surface area (Å²) in [7, 11) is 0. The van der Waals surface area contributed by atoms with Crippen LogP contribution in [0.3, 0.4) is 0 Å². The average molecular weight is 603 g/mol. The molecule has 1 amide bonds. The summed E-state index contributed by atoms with van der Waals surface area (Å²) < 4.78 is 83.0. The number of hydrogen-bond donors (Lipinski definition) is 2. The summed E-state index contributed by atoms with van der Waals surface area (Å²) in [5.74, 6) is -1.84. The van der Waals surface area contributed by atoms with E-state index in [2.05, 4.69) is 40.2 Å². The van der Waals surface area contributed by atoms with E-state index in [1.165, 1.54) is 37.6 Å². The number of nitriles is 1. The fourth-order valence-corrected chi connectivity index (χ4v) is 4.33. The maximum atomic E-state index is 13.4. The lowest BCUT2D eigenvalue weighted by atomic mass is 10.0. The number of aromatic nitrogens is 5. The van der Waals surface area contributed by atoms with Crippen molar-refractivity contribution in [2.75, 3.05) is 16.8 Å². The molecule has 17 heteroatoms. The minimum atomic E-state index is -4.81. The number of anilines is 3. The molecule has 0 saturated carbocycles. The van der Waals surface area contributed by atoms with Gasteiger partial charge < -0.3 is 20.0 Å². The van der Waals surface area contributed by atoms with Crippen LogP contribution in [0, 0.1) is 11.3 Å². The maximum Gasteiger partial charge on any atom is 0.470 e. The number of fused-ring (bicyclic) bond motifs is 1. The van der Waals surface area contributed by atoms with Gasteiger partial charge in [-0.1, -0.05) is 0 Å². The molecule has 4 heterocycles. The van der Waals surface area contributed by atoms with Gasteiger partial charge in [0.2, 0.25) is 5.89 Å². The van der Waals surface area contributed by atoms with Crippen LogP contribution in [0.1, 0.15) is 57.5 Å². The van der Waals surface area contributed by atoms with Crippen molar-refractivity contribution in [3.05, 3.63) is 82.6 Å². The molecule has 43 heavy (non-hydrogen) atoms. The highest BCUT2D eigenvalue weighted by Crippen LogP contribution is 2.36. The van der Waals surface area contributed by atoms with E-state index in [0.29, 0.717) is 36.0 Å². The second-order valence-electron chi connectivity index (χ2n) is 9.35. The fraction of sp³-hybridized carbons (Fsp3) is 0.269. The lowest BCUT2D eigenvalue weighted by molar-refractivity contribution is -0.157. The van der Waals surface area contributed by atoms with Gasteiger partial charge in [0.25, 0.3) is 5.91 Å². The second-order valence-corrected chi connectivity index (χ2v) is 9.35. The zero-order valence-corrected chi connectivity index (χ0v) is 22.0. The van der Waals surface area contributed by atoms with Crippen molar-refractivity contribution < 1.29 is 35.6 Å². The Labute approximate surface area is 238 Å². The standard InChI is InChI=1S/C26H19F6N9O2/c1-13(23-39-40-24(43-23)26(30,31)32)37-22(42)15-3-5-20(34-10-15)38-21-17-6-7-41(11-19(17)35-12-36-21)16-4-2-14(9-33)18(8-16)25(27,28)29/h2-5,8,10,12-13H,6-7,11H2,1H3,(H,37,42)(H,34,35,36,38)/t13-/m1/s1. The number of halogens is 6. The van der Waals surface area contributed by atoms with Gasteiger partial charge in [-0.3, -0.25) is 4.79 Å². The van der Waals surface area contributed by atoms with Gasteiger partial charge in [0.1, 0.15) is 24.0 Å². The van der Waals surface area contributed by atoms with Gasteiger partial charge >= 0.3 is 18.2 Å². The molecule has 1 atom stereocenters. The molecular weight excluding hydrogens is 584 g/mol. The highest BCUT2D eigenvalue weighted by Gasteiger charge is 2.39. The van der Waals surface area contributed by atoms with Gasteiger partial charge in [-0.05, 0) is 43.7 Å². The number of hydrogen-bond acceptors (Lipinski definition) is 10. The smallest absolute Gasteiger partial charge is 0.415 e. The normalized spacial score (nSPS) is 14.0. The largest absolute Gasteiger partial charge is 0.470 e. The van der Waals surface area contributed by atoms with Crippen molar-refractivity contribution in [2.45, 2.75) is 38.3 Å². The number of alkyl halides is 6. The van der Waals surface area contributed by atoms with E-state index in [1.54, 1.807) is 11.0 Å². The van der Waals surface area contributed by atoms with Gasteiger partial charge in [0.05, 0.1) is 35.0 Å². The predicted octanol–water partition coefficient (Wildman–Crippen LogP) is 4.96. The Morgan fingerprint density at radius 2 is 1.86 bits per heavy atom. The maximum absolute atomic E-state index is 13.4. The van der Waals surface area contributed by atoms with Gasteiger partial charge in [-0.25, -0.2) is 15.0 Å². The molecule has 0 aliphatic carbocycles. The van der Waals surface area contributed by atoms with Gasteiger partial charge in [-0.15, -0.1) is 10.2 Å². The first-order chi connectivity index (χ1) is 20.3. The summed E-state index contributed by atoms with van der Waals surface area (Å²) in [4.78, 5) is 27.0. The molecule has 1 aliphatic heterocycles. The van der Waals surface area contributed by atoms with Gasteiger partial charge in [0.15, 0.2) is 0 Å². The van der Waals surface area contributed by atoms with Gasteiger partial charge in [0, 0.05) is 24.0 Å². The van der Waals surface area contributed by atoms with Gasteiger partial charge in [-0.2, -0.15) is 31.6 Å². The highest BCUT2D eigenvalue weighted by atomic mass is 19.4. The van der Waals surface area contributed by atoms with E-state index in [9.17, 15) is 31.1 Å². The topological polar surface area (TPSA) is 146 Å². The van der Waals surface area contributed by atoms with Crippen molar-refractivity contribution in [2.24, 2.45) is 0 Å². The summed E-state index contributed by atoms with van der Waals surface area (Å²) in [5.41, 5.74) is 0.259. The van der Waals surface area contributed by atoms with Crippen LogP contribution >= 0.6 is 0 Å². The number of carbonyl (C=O) groups excluding carboxylic acids is 1. The summed E-state index contributed by atoms with van der Waals surface area (Å²) in [5, 5.41) is 20.8. The second kappa shape index (κ2) is 11.2. The molecule has 0 bridgehead atoms. The van der Waals surface area contributed by atoms with Crippen LogP contribution in [0.25, 0.3) is 0 Å². The van der Waals surface area contributed by atoms with E-state index >= 15 is 0 Å². The number of benzene rings is 1. The van der Waals surface area contributed by atoms with Crippen molar-refractivity contribution in [1.29, 1.82) is 5.26 Å². The first kappa shape index (κ1) is 29.2. The van der Waals surface area contributed by atoms with E-state index in [0.717, 1.165) is 17.7 Å². The van der Waals surface area contributed by atoms with E-state index in [1.807, 2.05) is 0 Å². The zero-order valence-electron chi connectivity index (χ0n) is 22.0. The quantitative estimate of drug-likeness (QED) is 0.290. The Morgan fingerprint density at radius 3 is 2.51 bits per heavy atom. The summed E-state index contributed by atoms with van der Waals surface area (Å²) >= 11 is 0. The molecule has 0 unspecified atom stereocenters. The number of nitrogens with one attached hydrogen (secondary N) is 2. The Kier molecular flexibility index (Phi) is 7.61. The molecule has 1 aromatic carbocycles. The molecule has 3 aromatic heterocycles. The minimum Gasteiger partial charge on any atom is -0.415 e. The summed E-state index contributed by atoms with van der Waals surface area (Å²) in [6.45, 7) is 1.93. The SMILES string of the molecule is C[C@@H](NC(=O)c1ccc(Nc2ncnc3c2CCN(c2ccc(C#N)c(C(F)(F)F)c2)C3)nc1)c1nnc(C(F)(F)F)o1. The van der Waals surface area contributed by atoms with E-state index < -0.39 is 47.2 Å². The average Bonchev–Trinajstić information content (AvgIpc) is 3.48. The van der Waals surface area contributed by atoms with Crippen LogP contribution in [0.15, 0.2) is 47.3 Å². The van der Waals surface area contributed by atoms with Crippen molar-refractivity contribution in [3.63, 3.8) is 0 Å². The molecule has 0 radical (unpaired) electrons. The predicted molar refractivity (Wildman–Crippen MR) is 136 cm³/mol. The summed E-state index contributed by atoms with van der Waals surface area (Å²) in [6.07, 6.45) is -6.54. The molecule has 0 saturated heterocycles. The van der Waals surface area contributed by atoms with Crippen LogP contribution in [0.4, 0.5) is 43.7 Å².